The molecule has 0 aromatic rings. The Labute approximate surface area is 108 Å². The maximum absolute atomic E-state index is 11.4. The van der Waals surface area contributed by atoms with Crippen LogP contribution in [-0.2, 0) is 19.1 Å². The van der Waals surface area contributed by atoms with E-state index in [0.717, 1.165) is 6.92 Å². The fraction of sp³-hybridized carbons (Fsp3) is 0.800. The Hall–Kier alpha value is -1.26. The number of carbonyl (C=O) groups is 2. The highest BCUT2D eigenvalue weighted by Crippen LogP contribution is 2.19. The van der Waals surface area contributed by atoms with Gasteiger partial charge in [-0.15, -0.1) is 0 Å². The van der Waals surface area contributed by atoms with Crippen LogP contribution in [0.2, 0.25) is 0 Å². The van der Waals surface area contributed by atoms with Crippen molar-refractivity contribution in [2.24, 2.45) is 0 Å². The van der Waals surface area contributed by atoms with Crippen LogP contribution >= 0.6 is 0 Å². The molecule has 0 aromatic carbocycles. The van der Waals surface area contributed by atoms with Crippen LogP contribution in [0.15, 0.2) is 0 Å². The van der Waals surface area contributed by atoms with Crippen LogP contribution in [0.1, 0.15) is 6.92 Å². The number of aliphatic hydroxyl groups excluding tert-OH is 4. The van der Waals surface area contributed by atoms with E-state index in [0.29, 0.717) is 0 Å². The van der Waals surface area contributed by atoms with E-state index < -0.39 is 55.7 Å². The Morgan fingerprint density at radius 2 is 1.89 bits per heavy atom. The highest BCUT2D eigenvalue weighted by atomic mass is 16.6. The molecule has 1 heterocycles. The molecule has 110 valence electrons. The topological polar surface area (TPSA) is 146 Å². The summed E-state index contributed by atoms with van der Waals surface area (Å²) in [5, 5.41) is 39.9. The minimum Gasteiger partial charge on any atom is -0.456 e. The summed E-state index contributed by atoms with van der Waals surface area (Å²) in [5.41, 5.74) is 0. The molecule has 0 bridgehead atoms. The van der Waals surface area contributed by atoms with Crippen molar-refractivity contribution in [3.8, 4) is 0 Å². The minimum atomic E-state index is -1.60. The first-order valence-electron chi connectivity index (χ1n) is 5.60. The number of ether oxygens (including phenoxy) is 2. The Balaban J connectivity index is 2.57. The van der Waals surface area contributed by atoms with Crippen LogP contribution in [0.5, 0.6) is 0 Å². The molecule has 9 nitrogen and oxygen atoms in total. The number of aliphatic hydroxyl groups is 4. The van der Waals surface area contributed by atoms with Gasteiger partial charge in [0.15, 0.2) is 12.9 Å². The maximum atomic E-state index is 11.4. The molecule has 0 saturated carbocycles. The van der Waals surface area contributed by atoms with Gasteiger partial charge >= 0.3 is 5.97 Å². The van der Waals surface area contributed by atoms with Gasteiger partial charge in [-0.2, -0.15) is 0 Å². The zero-order chi connectivity index (χ0) is 14.6. The molecule has 0 aromatic heterocycles. The predicted octanol–water partition coefficient (Wildman–Crippen LogP) is -3.53. The molecule has 0 spiro atoms. The molecule has 19 heavy (non-hydrogen) atoms. The van der Waals surface area contributed by atoms with Crippen molar-refractivity contribution in [3.05, 3.63) is 0 Å². The van der Waals surface area contributed by atoms with Gasteiger partial charge in [0, 0.05) is 6.92 Å². The lowest BCUT2D eigenvalue weighted by atomic mass is 9.97. The van der Waals surface area contributed by atoms with Gasteiger partial charge in [0.2, 0.25) is 0 Å². The van der Waals surface area contributed by atoms with E-state index in [2.05, 4.69) is 10.1 Å². The third-order valence-electron chi connectivity index (χ3n) is 2.63. The van der Waals surface area contributed by atoms with E-state index in [9.17, 15) is 24.9 Å². The Bertz CT molecular complexity index is 335. The molecule has 5 atom stereocenters. The molecule has 1 unspecified atom stereocenters. The van der Waals surface area contributed by atoms with Gasteiger partial charge in [-0.1, -0.05) is 0 Å². The molecule has 0 aliphatic carbocycles. The lowest BCUT2D eigenvalue weighted by Crippen LogP contribution is -2.64. The van der Waals surface area contributed by atoms with E-state index >= 15 is 0 Å². The molecule has 1 aliphatic heterocycles. The second kappa shape index (κ2) is 6.78. The molecule has 1 fully saturated rings. The molecule has 0 radical (unpaired) electrons. The van der Waals surface area contributed by atoms with Crippen LogP contribution in [-0.4, -0.2) is 76.2 Å². The van der Waals surface area contributed by atoms with Gasteiger partial charge in [-0.3, -0.25) is 9.59 Å². The van der Waals surface area contributed by atoms with Crippen LogP contribution in [0.25, 0.3) is 0 Å². The van der Waals surface area contributed by atoms with Gasteiger partial charge in [0.1, 0.15) is 24.4 Å². The number of amides is 1. The van der Waals surface area contributed by atoms with Crippen LogP contribution in [0.4, 0.5) is 0 Å². The highest BCUT2D eigenvalue weighted by Gasteiger charge is 2.44. The highest BCUT2D eigenvalue weighted by molar-refractivity contribution is 5.80. The third-order valence-corrected chi connectivity index (χ3v) is 2.63. The second-order valence-corrected chi connectivity index (χ2v) is 4.10. The Kier molecular flexibility index (Phi) is 5.63. The van der Waals surface area contributed by atoms with E-state index in [1.165, 1.54) is 0 Å². The lowest BCUT2D eigenvalue weighted by molar-refractivity contribution is -0.254. The van der Waals surface area contributed by atoms with Crippen molar-refractivity contribution in [1.82, 2.24) is 5.32 Å². The summed E-state index contributed by atoms with van der Waals surface area (Å²) in [6.45, 7) is -0.0511. The van der Waals surface area contributed by atoms with Crippen LogP contribution in [0, 0.1) is 0 Å². The van der Waals surface area contributed by atoms with Crippen molar-refractivity contribution in [3.63, 3.8) is 0 Å². The maximum Gasteiger partial charge on any atom is 0.303 e. The summed E-state index contributed by atoms with van der Waals surface area (Å²) in [6, 6.07) is -1.29. The van der Waals surface area contributed by atoms with Gasteiger partial charge < -0.3 is 35.2 Å². The molecule has 1 aliphatic rings. The van der Waals surface area contributed by atoms with Crippen LogP contribution < -0.4 is 5.32 Å². The number of nitrogens with one attached hydrogen (secondary N) is 1. The summed E-state index contributed by atoms with van der Waals surface area (Å²) in [6.07, 6.45) is -5.74. The molecule has 1 rings (SSSR count). The molecular formula is C10H17NO8. The summed E-state index contributed by atoms with van der Waals surface area (Å²) < 4.78 is 9.26. The fourth-order valence-electron chi connectivity index (χ4n) is 1.65. The molecule has 1 amide bonds. The summed E-state index contributed by atoms with van der Waals surface area (Å²) in [5.74, 6) is -1.42. The lowest BCUT2D eigenvalue weighted by Gasteiger charge is -2.40. The van der Waals surface area contributed by atoms with Crippen molar-refractivity contribution >= 4 is 11.9 Å². The summed E-state index contributed by atoms with van der Waals surface area (Å²) in [7, 11) is 0. The second-order valence-electron chi connectivity index (χ2n) is 4.10. The molecule has 9 heteroatoms. The number of hydrogen-bond donors (Lipinski definition) is 5. The minimum absolute atomic E-state index is 0.579. The largest absolute Gasteiger partial charge is 0.456 e. The molecule has 5 N–H and O–H groups in total. The third kappa shape index (κ3) is 4.11. The fourth-order valence-corrected chi connectivity index (χ4v) is 1.65. The van der Waals surface area contributed by atoms with E-state index in [-0.39, 0.29) is 0 Å². The monoisotopic (exact) mass is 279 g/mol. The Morgan fingerprint density at radius 1 is 1.26 bits per heavy atom. The normalized spacial score (nSPS) is 34.7. The molecular weight excluding hydrogens is 262 g/mol. The van der Waals surface area contributed by atoms with Crippen molar-refractivity contribution in [2.75, 3.05) is 13.2 Å². The van der Waals surface area contributed by atoms with Gasteiger partial charge in [0.25, 0.3) is 5.91 Å². The van der Waals surface area contributed by atoms with Gasteiger partial charge in [0.05, 0.1) is 6.61 Å². The molecule has 1 saturated heterocycles. The smallest absolute Gasteiger partial charge is 0.303 e. The van der Waals surface area contributed by atoms with Gasteiger partial charge in [-0.25, -0.2) is 0 Å². The van der Waals surface area contributed by atoms with Crippen molar-refractivity contribution in [2.45, 2.75) is 37.6 Å². The average molecular weight is 279 g/mol. The average Bonchev–Trinajstić information content (AvgIpc) is 2.36. The predicted molar refractivity (Wildman–Crippen MR) is 58.5 cm³/mol. The Morgan fingerprint density at radius 3 is 2.42 bits per heavy atom. The zero-order valence-electron chi connectivity index (χ0n) is 10.2. The number of esters is 1. The first kappa shape index (κ1) is 15.8. The quantitative estimate of drug-likeness (QED) is 0.333. The number of carbonyl (C=O) groups excluding carboxylic acids is 2. The summed E-state index contributed by atoms with van der Waals surface area (Å²) >= 11 is 0. The van der Waals surface area contributed by atoms with Crippen molar-refractivity contribution in [1.29, 1.82) is 0 Å². The van der Waals surface area contributed by atoms with Gasteiger partial charge in [-0.05, 0) is 0 Å². The first-order valence-corrected chi connectivity index (χ1v) is 5.60. The summed E-state index contributed by atoms with van der Waals surface area (Å²) in [4.78, 5) is 21.9. The van der Waals surface area contributed by atoms with Crippen LogP contribution in [0.3, 0.4) is 0 Å². The standard InChI is InChI=1S/C10H17NO8/c1-4(13)18-3-6(14)11-7-9(16)8(15)5(2-12)19-10(7)17/h5,7-10,12,15-17H,2-3H2,1H3,(H,11,14)/t5-,7+,8-,9-,10?/m1/s1. The van der Waals surface area contributed by atoms with E-state index in [1.54, 1.807) is 0 Å². The van der Waals surface area contributed by atoms with E-state index in [1.807, 2.05) is 0 Å². The zero-order valence-corrected chi connectivity index (χ0v) is 10.2. The number of rotatable bonds is 4. The van der Waals surface area contributed by atoms with E-state index in [4.69, 9.17) is 9.84 Å². The number of hydrogen-bond acceptors (Lipinski definition) is 8. The first-order chi connectivity index (χ1) is 8.86. The van der Waals surface area contributed by atoms with Crippen molar-refractivity contribution < 1.29 is 39.5 Å². The SMILES string of the molecule is CC(=O)OCC(=O)N[C@@H]1C(O)O[C@H](CO)[C@@H](O)[C@@H]1O.